The maximum atomic E-state index is 5.22. The van der Waals surface area contributed by atoms with Crippen LogP contribution in [0.4, 0.5) is 0 Å². The van der Waals surface area contributed by atoms with Crippen molar-refractivity contribution in [3.05, 3.63) is 22.7 Å². The van der Waals surface area contributed by atoms with Crippen molar-refractivity contribution in [1.82, 2.24) is 4.72 Å². The van der Waals surface area contributed by atoms with E-state index in [9.17, 15) is 0 Å². The van der Waals surface area contributed by atoms with Gasteiger partial charge in [0.25, 0.3) is 0 Å². The smallest absolute Gasteiger partial charge is 0.133 e. The van der Waals surface area contributed by atoms with Crippen molar-refractivity contribution in [2.24, 2.45) is 0 Å². The molecule has 0 bridgehead atoms. The van der Waals surface area contributed by atoms with Crippen molar-refractivity contribution >= 4 is 27.9 Å². The zero-order valence-electron chi connectivity index (χ0n) is 7.63. The van der Waals surface area contributed by atoms with E-state index in [0.717, 1.165) is 21.7 Å². The number of rotatable bonds is 4. The van der Waals surface area contributed by atoms with Crippen LogP contribution in [0.3, 0.4) is 0 Å². The molecule has 0 saturated carbocycles. The van der Waals surface area contributed by atoms with Crippen molar-refractivity contribution in [3.63, 3.8) is 0 Å². The van der Waals surface area contributed by atoms with Gasteiger partial charge in [0.2, 0.25) is 0 Å². The molecule has 0 spiro atoms. The molecular weight excluding hydrogens is 250 g/mol. The Kier molecular flexibility index (Phi) is 4.62. The average molecular weight is 262 g/mol. The van der Waals surface area contributed by atoms with Crippen LogP contribution in [0.25, 0.3) is 0 Å². The molecule has 0 fully saturated rings. The average Bonchev–Trinajstić information content (AvgIpc) is 2.15. The van der Waals surface area contributed by atoms with Crippen LogP contribution >= 0.6 is 27.9 Å². The Morgan fingerprint density at radius 1 is 1.54 bits per heavy atom. The lowest BCUT2D eigenvalue weighted by Gasteiger charge is -2.07. The molecule has 0 heterocycles. The molecule has 1 rings (SSSR count). The molecule has 0 unspecified atom stereocenters. The van der Waals surface area contributed by atoms with Crippen LogP contribution in [0.5, 0.6) is 5.75 Å². The van der Waals surface area contributed by atoms with E-state index in [0.29, 0.717) is 0 Å². The lowest BCUT2D eigenvalue weighted by molar-refractivity contribution is 0.404. The molecule has 0 aliphatic rings. The SMILES string of the molecule is CCNSc1cc(Br)ccc1OC. The Morgan fingerprint density at radius 2 is 2.31 bits per heavy atom. The quantitative estimate of drug-likeness (QED) is 0.842. The molecular formula is C9H12BrNOS. The van der Waals surface area contributed by atoms with Gasteiger partial charge in [-0.3, -0.25) is 4.72 Å². The minimum absolute atomic E-state index is 0.897. The fourth-order valence-corrected chi connectivity index (χ4v) is 2.13. The van der Waals surface area contributed by atoms with Crippen molar-refractivity contribution in [2.75, 3.05) is 13.7 Å². The maximum Gasteiger partial charge on any atom is 0.133 e. The van der Waals surface area contributed by atoms with E-state index in [4.69, 9.17) is 4.74 Å². The molecule has 0 radical (unpaired) electrons. The summed E-state index contributed by atoms with van der Waals surface area (Å²) in [6.45, 7) is 3.00. The molecule has 0 aliphatic heterocycles. The molecule has 0 aliphatic carbocycles. The summed E-state index contributed by atoms with van der Waals surface area (Å²) in [6.07, 6.45) is 0. The normalized spacial score (nSPS) is 10.1. The molecule has 2 nitrogen and oxygen atoms in total. The zero-order chi connectivity index (χ0) is 9.68. The second-order valence-electron chi connectivity index (χ2n) is 2.40. The highest BCUT2D eigenvalue weighted by Gasteiger charge is 2.02. The van der Waals surface area contributed by atoms with Gasteiger partial charge in [-0.25, -0.2) is 0 Å². The number of hydrogen-bond donors (Lipinski definition) is 1. The Hall–Kier alpha value is -0.190. The van der Waals surface area contributed by atoms with Gasteiger partial charge in [0.15, 0.2) is 0 Å². The Balaban J connectivity index is 2.81. The molecule has 1 N–H and O–H groups in total. The van der Waals surface area contributed by atoms with Crippen molar-refractivity contribution < 1.29 is 4.74 Å². The number of nitrogens with one attached hydrogen (secondary N) is 1. The summed E-state index contributed by atoms with van der Waals surface area (Å²) in [5.74, 6) is 0.897. The second-order valence-corrected chi connectivity index (χ2v) is 4.24. The summed E-state index contributed by atoms with van der Waals surface area (Å²) in [6, 6.07) is 5.95. The maximum absolute atomic E-state index is 5.22. The molecule has 4 heteroatoms. The van der Waals surface area contributed by atoms with Crippen molar-refractivity contribution in [1.29, 1.82) is 0 Å². The number of ether oxygens (including phenoxy) is 1. The van der Waals surface area contributed by atoms with E-state index >= 15 is 0 Å². The van der Waals surface area contributed by atoms with E-state index in [-0.39, 0.29) is 0 Å². The summed E-state index contributed by atoms with van der Waals surface area (Å²) >= 11 is 5.00. The molecule has 1 aromatic rings. The van der Waals surface area contributed by atoms with Gasteiger partial charge in [-0.05, 0) is 30.1 Å². The first-order valence-electron chi connectivity index (χ1n) is 4.01. The zero-order valence-corrected chi connectivity index (χ0v) is 10.0. The van der Waals surface area contributed by atoms with E-state index in [1.165, 1.54) is 0 Å². The summed E-state index contributed by atoms with van der Waals surface area (Å²) in [7, 11) is 1.68. The minimum atomic E-state index is 0.897. The van der Waals surface area contributed by atoms with Gasteiger partial charge in [0, 0.05) is 11.0 Å². The fraction of sp³-hybridized carbons (Fsp3) is 0.333. The van der Waals surface area contributed by atoms with Gasteiger partial charge in [0.05, 0.1) is 12.0 Å². The Bertz CT molecular complexity index is 280. The predicted octanol–water partition coefficient (Wildman–Crippen LogP) is 3.07. The van der Waals surface area contributed by atoms with Crippen LogP contribution in [0.15, 0.2) is 27.6 Å². The van der Waals surface area contributed by atoms with Crippen LogP contribution < -0.4 is 9.46 Å². The van der Waals surface area contributed by atoms with Gasteiger partial charge in [-0.1, -0.05) is 22.9 Å². The number of methoxy groups -OCH3 is 1. The molecule has 13 heavy (non-hydrogen) atoms. The third-order valence-corrected chi connectivity index (χ3v) is 2.92. The highest BCUT2D eigenvalue weighted by molar-refractivity contribution is 9.10. The predicted molar refractivity (Wildman–Crippen MR) is 60.2 cm³/mol. The molecule has 0 aromatic heterocycles. The van der Waals surface area contributed by atoms with Crippen LogP contribution in [0.1, 0.15) is 6.92 Å². The van der Waals surface area contributed by atoms with Crippen LogP contribution in [-0.4, -0.2) is 13.7 Å². The van der Waals surface area contributed by atoms with Crippen LogP contribution in [0.2, 0.25) is 0 Å². The topological polar surface area (TPSA) is 21.3 Å². The Labute approximate surface area is 91.3 Å². The monoisotopic (exact) mass is 261 g/mol. The van der Waals surface area contributed by atoms with Crippen molar-refractivity contribution in [2.45, 2.75) is 11.8 Å². The van der Waals surface area contributed by atoms with Gasteiger partial charge >= 0.3 is 0 Å². The highest BCUT2D eigenvalue weighted by atomic mass is 79.9. The van der Waals surface area contributed by atoms with Crippen LogP contribution in [-0.2, 0) is 0 Å². The summed E-state index contributed by atoms with van der Waals surface area (Å²) in [5.41, 5.74) is 0. The number of hydrogen-bond acceptors (Lipinski definition) is 3. The van der Waals surface area contributed by atoms with E-state index in [1.807, 2.05) is 18.2 Å². The first-order valence-corrected chi connectivity index (χ1v) is 5.62. The van der Waals surface area contributed by atoms with E-state index in [1.54, 1.807) is 19.1 Å². The van der Waals surface area contributed by atoms with Gasteiger partial charge in [0.1, 0.15) is 5.75 Å². The summed E-state index contributed by atoms with van der Waals surface area (Å²) in [5, 5.41) is 0. The molecule has 0 saturated heterocycles. The number of benzene rings is 1. The fourth-order valence-electron chi connectivity index (χ4n) is 0.880. The first-order chi connectivity index (χ1) is 6.27. The summed E-state index contributed by atoms with van der Waals surface area (Å²) < 4.78 is 9.46. The third kappa shape index (κ3) is 3.21. The van der Waals surface area contributed by atoms with Gasteiger partial charge < -0.3 is 4.74 Å². The standard InChI is InChI=1S/C9H12BrNOS/c1-3-11-13-9-6-7(10)4-5-8(9)12-2/h4-6,11H,3H2,1-2H3. The minimum Gasteiger partial charge on any atom is -0.496 e. The largest absolute Gasteiger partial charge is 0.496 e. The van der Waals surface area contributed by atoms with Gasteiger partial charge in [-0.15, -0.1) is 0 Å². The Morgan fingerprint density at radius 3 is 2.92 bits per heavy atom. The lowest BCUT2D eigenvalue weighted by Crippen LogP contribution is -2.00. The lowest BCUT2D eigenvalue weighted by atomic mass is 10.3. The molecule has 0 atom stereocenters. The highest BCUT2D eigenvalue weighted by Crippen LogP contribution is 2.29. The third-order valence-electron chi connectivity index (χ3n) is 1.45. The van der Waals surface area contributed by atoms with Crippen molar-refractivity contribution in [3.8, 4) is 5.75 Å². The van der Waals surface area contributed by atoms with E-state index < -0.39 is 0 Å². The second kappa shape index (κ2) is 5.52. The van der Waals surface area contributed by atoms with E-state index in [2.05, 4.69) is 27.6 Å². The summed E-state index contributed by atoms with van der Waals surface area (Å²) in [4.78, 5) is 1.10. The number of halogens is 1. The first kappa shape index (κ1) is 10.9. The van der Waals surface area contributed by atoms with Crippen LogP contribution in [0, 0.1) is 0 Å². The molecule has 72 valence electrons. The molecule has 1 aromatic carbocycles. The van der Waals surface area contributed by atoms with Gasteiger partial charge in [-0.2, -0.15) is 0 Å². The molecule has 0 amide bonds.